The highest BCUT2D eigenvalue weighted by Gasteiger charge is 2.34. The minimum absolute atomic E-state index is 0.0463. The lowest BCUT2D eigenvalue weighted by Crippen LogP contribution is -2.34. The van der Waals surface area contributed by atoms with E-state index in [1.165, 1.54) is 4.90 Å². The fourth-order valence-electron chi connectivity index (χ4n) is 4.86. The summed E-state index contributed by atoms with van der Waals surface area (Å²) >= 11 is 0. The smallest absolute Gasteiger partial charge is 0.401 e. The number of carbonyl (C=O) groups is 1. The third-order valence-corrected chi connectivity index (χ3v) is 6.82. The standard InChI is InChI=1S/C28H31F3N8O2/c1-27(2,3)25-37-36-24(41-25)23(40)12-17-8-10-39(16-28(29,30)31)14-19-11-18(5-6-21(17)19)22-7-9-32-26(35-22)34-20-13-33-38(4)15-20/h5-7,9,11,13,15,17H,8,10,12,14,16H2,1-4H3,(H,32,34,35)/t17-/m0/s1. The van der Waals surface area contributed by atoms with Crippen LogP contribution in [-0.4, -0.2) is 59.9 Å². The van der Waals surface area contributed by atoms with Gasteiger partial charge in [0.25, 0.3) is 5.89 Å². The molecule has 1 N–H and O–H groups in total. The molecule has 41 heavy (non-hydrogen) atoms. The van der Waals surface area contributed by atoms with Crippen LogP contribution < -0.4 is 5.32 Å². The van der Waals surface area contributed by atoms with Crippen molar-refractivity contribution >= 4 is 17.4 Å². The fourth-order valence-corrected chi connectivity index (χ4v) is 4.86. The monoisotopic (exact) mass is 568 g/mol. The number of alkyl halides is 3. The Hall–Kier alpha value is -4.13. The Labute approximate surface area is 235 Å². The summed E-state index contributed by atoms with van der Waals surface area (Å²) in [5.74, 6) is -0.0199. The maximum Gasteiger partial charge on any atom is 0.401 e. The van der Waals surface area contributed by atoms with Crippen LogP contribution in [0.2, 0.25) is 0 Å². The molecule has 0 amide bonds. The molecule has 10 nitrogen and oxygen atoms in total. The minimum atomic E-state index is -4.35. The first-order chi connectivity index (χ1) is 19.3. The second-order valence-electron chi connectivity index (χ2n) is 11.3. The number of hydrogen-bond donors (Lipinski definition) is 1. The molecule has 0 unspecified atom stereocenters. The molecule has 5 rings (SSSR count). The summed E-state index contributed by atoms with van der Waals surface area (Å²) < 4.78 is 47.5. The molecular formula is C28H31F3N8O2. The topological polar surface area (TPSA) is 115 Å². The Kier molecular flexibility index (Phi) is 7.64. The van der Waals surface area contributed by atoms with E-state index in [0.29, 0.717) is 29.5 Å². The van der Waals surface area contributed by atoms with Crippen LogP contribution in [-0.2, 0) is 19.0 Å². The van der Waals surface area contributed by atoms with Gasteiger partial charge in [-0.2, -0.15) is 18.3 Å². The molecule has 0 aliphatic carbocycles. The highest BCUT2D eigenvalue weighted by Crippen LogP contribution is 2.36. The van der Waals surface area contributed by atoms with Gasteiger partial charge in [0.05, 0.1) is 24.1 Å². The number of nitrogens with one attached hydrogen (secondary N) is 1. The summed E-state index contributed by atoms with van der Waals surface area (Å²) in [6, 6.07) is 7.34. The summed E-state index contributed by atoms with van der Waals surface area (Å²) in [5.41, 5.74) is 3.18. The summed E-state index contributed by atoms with van der Waals surface area (Å²) in [4.78, 5) is 23.4. The van der Waals surface area contributed by atoms with Crippen molar-refractivity contribution in [1.29, 1.82) is 0 Å². The normalized spacial score (nSPS) is 16.3. The van der Waals surface area contributed by atoms with Crippen molar-refractivity contribution in [3.05, 3.63) is 65.8 Å². The Morgan fingerprint density at radius 3 is 2.66 bits per heavy atom. The fraction of sp³-hybridized carbons (Fsp3) is 0.429. The molecule has 0 radical (unpaired) electrons. The molecule has 3 aromatic heterocycles. The van der Waals surface area contributed by atoms with Gasteiger partial charge in [0.15, 0.2) is 0 Å². The molecule has 216 valence electrons. The Bertz CT molecular complexity index is 1540. The first-order valence-corrected chi connectivity index (χ1v) is 13.2. The summed E-state index contributed by atoms with van der Waals surface area (Å²) in [6.45, 7) is 4.94. The number of fused-ring (bicyclic) bond motifs is 1. The number of hydrogen-bond acceptors (Lipinski definition) is 9. The van der Waals surface area contributed by atoms with Crippen LogP contribution in [0.4, 0.5) is 24.8 Å². The van der Waals surface area contributed by atoms with Gasteiger partial charge in [0.1, 0.15) is 0 Å². The van der Waals surface area contributed by atoms with Gasteiger partial charge in [0, 0.05) is 43.4 Å². The van der Waals surface area contributed by atoms with Crippen molar-refractivity contribution in [2.24, 2.45) is 7.05 Å². The molecular weight excluding hydrogens is 537 g/mol. The number of ketones is 1. The quantitative estimate of drug-likeness (QED) is 0.292. The average Bonchev–Trinajstić information content (AvgIpc) is 3.52. The SMILES string of the molecule is Cn1cc(Nc2nccc(-c3ccc4c(c3)CN(CC(F)(F)F)CC[C@H]4CC(=O)c3nnc(C(C)(C)C)o3)n2)cn1. The summed E-state index contributed by atoms with van der Waals surface area (Å²) in [7, 11) is 1.80. The highest BCUT2D eigenvalue weighted by molar-refractivity contribution is 5.92. The Morgan fingerprint density at radius 1 is 1.17 bits per heavy atom. The van der Waals surface area contributed by atoms with Crippen molar-refractivity contribution in [1.82, 2.24) is 34.8 Å². The molecule has 1 aliphatic rings. The number of rotatable bonds is 7. The predicted molar refractivity (Wildman–Crippen MR) is 145 cm³/mol. The average molecular weight is 569 g/mol. The maximum atomic E-state index is 13.4. The number of Topliss-reactive ketones (excluding diaryl/α,β-unsaturated/α-hetero) is 1. The van der Waals surface area contributed by atoms with Gasteiger partial charge in [-0.1, -0.05) is 32.9 Å². The third-order valence-electron chi connectivity index (χ3n) is 6.82. The first-order valence-electron chi connectivity index (χ1n) is 13.2. The van der Waals surface area contributed by atoms with E-state index in [4.69, 9.17) is 4.42 Å². The summed E-state index contributed by atoms with van der Waals surface area (Å²) in [5, 5.41) is 15.2. The number of aryl methyl sites for hydroxylation is 1. The van der Waals surface area contributed by atoms with E-state index in [2.05, 4.69) is 30.6 Å². The van der Waals surface area contributed by atoms with Crippen molar-refractivity contribution in [3.8, 4) is 11.3 Å². The molecule has 1 aliphatic heterocycles. The van der Waals surface area contributed by atoms with E-state index in [0.717, 1.165) is 16.8 Å². The molecule has 13 heteroatoms. The van der Waals surface area contributed by atoms with E-state index in [1.54, 1.807) is 36.4 Å². The first kappa shape index (κ1) is 28.4. The molecule has 0 saturated heterocycles. The van der Waals surface area contributed by atoms with Crippen LogP contribution in [0, 0.1) is 0 Å². The molecule has 4 heterocycles. The van der Waals surface area contributed by atoms with E-state index in [-0.39, 0.29) is 37.1 Å². The number of carbonyl (C=O) groups excluding carboxylic acids is 1. The van der Waals surface area contributed by atoms with Gasteiger partial charge < -0.3 is 9.73 Å². The second kappa shape index (κ2) is 11.0. The molecule has 4 aromatic rings. The lowest BCUT2D eigenvalue weighted by Gasteiger charge is -2.22. The number of anilines is 2. The van der Waals surface area contributed by atoms with Crippen LogP contribution in [0.5, 0.6) is 0 Å². The largest absolute Gasteiger partial charge is 0.418 e. The molecule has 0 saturated carbocycles. The number of aromatic nitrogens is 6. The van der Waals surface area contributed by atoms with Gasteiger partial charge in [-0.3, -0.25) is 14.4 Å². The lowest BCUT2D eigenvalue weighted by atomic mass is 9.87. The zero-order valence-corrected chi connectivity index (χ0v) is 23.2. The van der Waals surface area contributed by atoms with Gasteiger partial charge >= 0.3 is 6.18 Å². The number of benzene rings is 1. The van der Waals surface area contributed by atoms with E-state index in [1.807, 2.05) is 39.0 Å². The molecule has 1 aromatic carbocycles. The van der Waals surface area contributed by atoms with Crippen LogP contribution in [0.15, 0.2) is 47.3 Å². The van der Waals surface area contributed by atoms with E-state index < -0.39 is 18.1 Å². The van der Waals surface area contributed by atoms with Crippen molar-refractivity contribution in [2.75, 3.05) is 18.4 Å². The predicted octanol–water partition coefficient (Wildman–Crippen LogP) is 5.43. The van der Waals surface area contributed by atoms with Crippen molar-refractivity contribution < 1.29 is 22.4 Å². The van der Waals surface area contributed by atoms with Crippen molar-refractivity contribution in [3.63, 3.8) is 0 Å². The zero-order valence-electron chi connectivity index (χ0n) is 23.2. The molecule has 0 fully saturated rings. The number of halogens is 3. The van der Waals surface area contributed by atoms with Gasteiger partial charge in [-0.25, -0.2) is 9.97 Å². The van der Waals surface area contributed by atoms with Crippen LogP contribution in [0.1, 0.15) is 67.2 Å². The van der Waals surface area contributed by atoms with Gasteiger partial charge in [-0.15, -0.1) is 10.2 Å². The van der Waals surface area contributed by atoms with E-state index >= 15 is 0 Å². The van der Waals surface area contributed by atoms with E-state index in [9.17, 15) is 18.0 Å². The minimum Gasteiger partial charge on any atom is -0.418 e. The van der Waals surface area contributed by atoms with Crippen molar-refractivity contribution in [2.45, 2.75) is 57.7 Å². The highest BCUT2D eigenvalue weighted by atomic mass is 19.4. The molecule has 0 spiro atoms. The molecule has 0 bridgehead atoms. The third kappa shape index (κ3) is 6.96. The van der Waals surface area contributed by atoms with Gasteiger partial charge in [-0.05, 0) is 42.1 Å². The lowest BCUT2D eigenvalue weighted by molar-refractivity contribution is -0.147. The maximum absolute atomic E-state index is 13.4. The zero-order chi connectivity index (χ0) is 29.4. The molecule has 1 atom stereocenters. The van der Waals surface area contributed by atoms with Crippen LogP contribution in [0.3, 0.4) is 0 Å². The Morgan fingerprint density at radius 2 is 1.98 bits per heavy atom. The van der Waals surface area contributed by atoms with Crippen LogP contribution in [0.25, 0.3) is 11.3 Å². The van der Waals surface area contributed by atoms with Crippen LogP contribution >= 0.6 is 0 Å². The number of nitrogens with zero attached hydrogens (tertiary/aromatic N) is 7. The summed E-state index contributed by atoms with van der Waals surface area (Å²) in [6.07, 6.45) is 1.12. The Balaban J connectivity index is 1.43. The second-order valence-corrected chi connectivity index (χ2v) is 11.3. The van der Waals surface area contributed by atoms with Gasteiger partial charge in [0.2, 0.25) is 17.6 Å².